The van der Waals surface area contributed by atoms with Gasteiger partial charge in [-0.3, -0.25) is 0 Å². The third-order valence-electron chi connectivity index (χ3n) is 4.41. The van der Waals surface area contributed by atoms with Crippen LogP contribution in [0.3, 0.4) is 0 Å². The van der Waals surface area contributed by atoms with Gasteiger partial charge in [0.1, 0.15) is 0 Å². The number of halogens is 1. The van der Waals surface area contributed by atoms with Crippen molar-refractivity contribution in [2.75, 3.05) is 44.5 Å². The van der Waals surface area contributed by atoms with E-state index < -0.39 is 0 Å². The maximum absolute atomic E-state index is 5.78. The molecule has 1 aliphatic heterocycles. The van der Waals surface area contributed by atoms with E-state index in [-0.39, 0.29) is 0 Å². The van der Waals surface area contributed by atoms with Crippen molar-refractivity contribution in [2.45, 2.75) is 12.8 Å². The molecule has 1 atom stereocenters. The molecule has 1 aromatic carbocycles. The van der Waals surface area contributed by atoms with Gasteiger partial charge >= 0.3 is 0 Å². The van der Waals surface area contributed by atoms with Crippen LogP contribution in [0.15, 0.2) is 12.1 Å². The maximum Gasteiger partial charge on any atom is 0.203 e. The molecule has 0 radical (unpaired) electrons. The summed E-state index contributed by atoms with van der Waals surface area (Å²) in [6.45, 7) is 3.68. The molecule has 1 saturated heterocycles. The highest BCUT2D eigenvalue weighted by Crippen LogP contribution is 2.33. The number of aromatic nitrogens is 2. The van der Waals surface area contributed by atoms with Crippen molar-refractivity contribution in [3.8, 4) is 11.5 Å². The van der Waals surface area contributed by atoms with Crippen LogP contribution in [0.25, 0.3) is 11.0 Å². The average Bonchev–Trinajstić information content (AvgIpc) is 3.21. The lowest BCUT2D eigenvalue weighted by atomic mass is 10.1. The van der Waals surface area contributed by atoms with Gasteiger partial charge in [-0.2, -0.15) is 0 Å². The number of nitrogens with zero attached hydrogens (tertiary/aromatic N) is 2. The molecule has 132 valence electrons. The number of alkyl halides is 1. The molecule has 1 fully saturated rings. The quantitative estimate of drug-likeness (QED) is 0.565. The number of aryl methyl sites for hydroxylation is 1. The predicted molar refractivity (Wildman–Crippen MR) is 97.6 cm³/mol. The van der Waals surface area contributed by atoms with E-state index >= 15 is 0 Å². The lowest BCUT2D eigenvalue weighted by molar-refractivity contribution is 0.295. The zero-order chi connectivity index (χ0) is 16.9. The number of fused-ring (bicyclic) bond motifs is 1. The highest BCUT2D eigenvalue weighted by molar-refractivity contribution is 6.17. The van der Waals surface area contributed by atoms with Crippen LogP contribution in [0.5, 0.6) is 11.5 Å². The number of methoxy groups -OCH3 is 1. The molecule has 1 aliphatic rings. The summed E-state index contributed by atoms with van der Waals surface area (Å²) in [5.74, 6) is 3.54. The third kappa shape index (κ3) is 3.70. The number of nitrogens with one attached hydrogen (secondary N) is 2. The second-order valence-corrected chi connectivity index (χ2v) is 6.49. The second-order valence-electron chi connectivity index (χ2n) is 6.12. The third-order valence-corrected chi connectivity index (χ3v) is 4.68. The van der Waals surface area contributed by atoms with Gasteiger partial charge in [0.2, 0.25) is 5.95 Å². The first-order chi connectivity index (χ1) is 11.7. The topological polar surface area (TPSA) is 60.3 Å². The minimum Gasteiger partial charge on any atom is -0.493 e. The highest BCUT2D eigenvalue weighted by atomic mass is 35.5. The summed E-state index contributed by atoms with van der Waals surface area (Å²) in [4.78, 5) is 4.71. The number of ether oxygens (including phenoxy) is 2. The summed E-state index contributed by atoms with van der Waals surface area (Å²) in [5.41, 5.74) is 1.91. The smallest absolute Gasteiger partial charge is 0.203 e. The summed E-state index contributed by atoms with van der Waals surface area (Å²) >= 11 is 5.71. The van der Waals surface area contributed by atoms with E-state index in [1.54, 1.807) is 7.11 Å². The monoisotopic (exact) mass is 352 g/mol. The standard InChI is InChI=1S/C17H25ClN4O2/c1-22-14-9-15(23-2)16(24-7-3-5-18)8-13(14)21-17(22)20-11-12-4-6-19-10-12/h8-9,12,19H,3-7,10-11H2,1-2H3,(H,20,21). The Bertz CT molecular complexity index is 683. The number of benzene rings is 1. The van der Waals surface area contributed by atoms with Crippen LogP contribution < -0.4 is 20.1 Å². The number of anilines is 1. The molecule has 2 aromatic rings. The second kappa shape index (κ2) is 7.94. The predicted octanol–water partition coefficient (Wildman–Crippen LogP) is 2.61. The molecular formula is C17H25ClN4O2. The van der Waals surface area contributed by atoms with E-state index in [1.165, 1.54) is 6.42 Å². The van der Waals surface area contributed by atoms with Gasteiger partial charge < -0.3 is 24.7 Å². The van der Waals surface area contributed by atoms with Crippen molar-refractivity contribution in [3.63, 3.8) is 0 Å². The van der Waals surface area contributed by atoms with Crippen LogP contribution in [0.4, 0.5) is 5.95 Å². The van der Waals surface area contributed by atoms with E-state index in [2.05, 4.69) is 15.2 Å². The Kier molecular flexibility index (Phi) is 5.68. The molecule has 1 unspecified atom stereocenters. The largest absolute Gasteiger partial charge is 0.493 e. The van der Waals surface area contributed by atoms with E-state index in [9.17, 15) is 0 Å². The summed E-state index contributed by atoms with van der Waals surface area (Å²) in [5, 5.41) is 6.85. The van der Waals surface area contributed by atoms with Crippen molar-refractivity contribution in [1.82, 2.24) is 14.9 Å². The van der Waals surface area contributed by atoms with Crippen LogP contribution in [-0.2, 0) is 7.05 Å². The molecule has 6 nitrogen and oxygen atoms in total. The number of imidazole rings is 1. The zero-order valence-corrected chi connectivity index (χ0v) is 15.0. The molecule has 2 heterocycles. The van der Waals surface area contributed by atoms with Gasteiger partial charge in [-0.25, -0.2) is 4.98 Å². The molecule has 1 aromatic heterocycles. The lowest BCUT2D eigenvalue weighted by Crippen LogP contribution is -2.18. The minimum absolute atomic E-state index is 0.567. The van der Waals surface area contributed by atoms with Crippen LogP contribution in [0, 0.1) is 5.92 Å². The Labute approximate surface area is 147 Å². The molecule has 0 aliphatic carbocycles. The van der Waals surface area contributed by atoms with Gasteiger partial charge in [-0.05, 0) is 31.8 Å². The molecular weight excluding hydrogens is 328 g/mol. The average molecular weight is 353 g/mol. The first-order valence-corrected chi connectivity index (χ1v) is 8.94. The first-order valence-electron chi connectivity index (χ1n) is 8.40. The van der Waals surface area contributed by atoms with E-state index in [0.29, 0.717) is 29.9 Å². The Morgan fingerprint density at radius 1 is 1.42 bits per heavy atom. The van der Waals surface area contributed by atoms with E-state index in [0.717, 1.165) is 43.0 Å². The van der Waals surface area contributed by atoms with Crippen molar-refractivity contribution < 1.29 is 9.47 Å². The fourth-order valence-electron chi connectivity index (χ4n) is 2.99. The fraction of sp³-hybridized carbons (Fsp3) is 0.588. The van der Waals surface area contributed by atoms with Gasteiger partial charge in [-0.1, -0.05) is 0 Å². The lowest BCUT2D eigenvalue weighted by Gasteiger charge is -2.11. The highest BCUT2D eigenvalue weighted by Gasteiger charge is 2.17. The number of hydrogen-bond donors (Lipinski definition) is 2. The van der Waals surface area contributed by atoms with Crippen LogP contribution in [0.1, 0.15) is 12.8 Å². The maximum atomic E-state index is 5.78. The zero-order valence-electron chi connectivity index (χ0n) is 14.3. The van der Waals surface area contributed by atoms with Gasteiger partial charge in [0.05, 0.1) is 24.8 Å². The van der Waals surface area contributed by atoms with Crippen LogP contribution >= 0.6 is 11.6 Å². The van der Waals surface area contributed by atoms with Crippen LogP contribution in [-0.4, -0.2) is 48.8 Å². The molecule has 2 N–H and O–H groups in total. The SMILES string of the molecule is COc1cc2c(cc1OCCCCl)nc(NCC1CCNC1)n2C. The number of hydrogen-bond acceptors (Lipinski definition) is 5. The van der Waals surface area contributed by atoms with Crippen molar-refractivity contribution in [2.24, 2.45) is 13.0 Å². The Morgan fingerprint density at radius 2 is 2.29 bits per heavy atom. The molecule has 3 rings (SSSR count). The first kappa shape index (κ1) is 17.2. The minimum atomic E-state index is 0.567. The van der Waals surface area contributed by atoms with E-state index in [4.69, 9.17) is 26.1 Å². The number of rotatable bonds is 8. The molecule has 0 bridgehead atoms. The molecule has 0 amide bonds. The van der Waals surface area contributed by atoms with Gasteiger partial charge in [-0.15, -0.1) is 11.6 Å². The summed E-state index contributed by atoms with van der Waals surface area (Å²) in [6, 6.07) is 3.91. The molecule has 24 heavy (non-hydrogen) atoms. The van der Waals surface area contributed by atoms with E-state index in [1.807, 2.05) is 19.2 Å². The molecule has 7 heteroatoms. The van der Waals surface area contributed by atoms with Gasteiger partial charge in [0.25, 0.3) is 0 Å². The Morgan fingerprint density at radius 3 is 3.00 bits per heavy atom. The normalized spacial score (nSPS) is 17.4. The van der Waals surface area contributed by atoms with Crippen molar-refractivity contribution >= 4 is 28.6 Å². The summed E-state index contributed by atoms with van der Waals surface area (Å²) < 4.78 is 13.3. The van der Waals surface area contributed by atoms with Crippen LogP contribution in [0.2, 0.25) is 0 Å². The van der Waals surface area contributed by atoms with Crippen molar-refractivity contribution in [1.29, 1.82) is 0 Å². The fourth-order valence-corrected chi connectivity index (χ4v) is 3.10. The Hall–Kier alpha value is -1.66. The summed E-state index contributed by atoms with van der Waals surface area (Å²) in [6.07, 6.45) is 2.01. The summed E-state index contributed by atoms with van der Waals surface area (Å²) in [7, 11) is 3.66. The molecule has 0 spiro atoms. The Balaban J connectivity index is 1.80. The molecule has 0 saturated carbocycles. The van der Waals surface area contributed by atoms with Gasteiger partial charge in [0, 0.05) is 31.6 Å². The van der Waals surface area contributed by atoms with Gasteiger partial charge in [0.15, 0.2) is 11.5 Å². The van der Waals surface area contributed by atoms with Crippen molar-refractivity contribution in [3.05, 3.63) is 12.1 Å².